The predicted molar refractivity (Wildman–Crippen MR) is 144 cm³/mol. The summed E-state index contributed by atoms with van der Waals surface area (Å²) in [5.74, 6) is -0.543. The van der Waals surface area contributed by atoms with Gasteiger partial charge < -0.3 is 24.6 Å². The maximum absolute atomic E-state index is 11.9. The van der Waals surface area contributed by atoms with Crippen LogP contribution in [0.2, 0.25) is 0 Å². The van der Waals surface area contributed by atoms with Crippen LogP contribution in [0.15, 0.2) is 71.9 Å². The highest BCUT2D eigenvalue weighted by atomic mass is 16.5. The van der Waals surface area contributed by atoms with Crippen molar-refractivity contribution >= 4 is 40.0 Å². The average molecular weight is 500 g/mol. The third kappa shape index (κ3) is 5.61. The number of pyridine rings is 1. The van der Waals surface area contributed by atoms with Crippen molar-refractivity contribution in [3.63, 3.8) is 0 Å². The first-order valence-corrected chi connectivity index (χ1v) is 11.7. The molecule has 9 nitrogen and oxygen atoms in total. The number of hydrogen-bond donors (Lipinski definition) is 2. The number of nitrogens with one attached hydrogen (secondary N) is 1. The second-order valence-electron chi connectivity index (χ2n) is 8.76. The van der Waals surface area contributed by atoms with E-state index in [1.165, 1.54) is 13.3 Å². The van der Waals surface area contributed by atoms with Crippen LogP contribution < -0.4 is 4.90 Å². The molecule has 0 aliphatic rings. The van der Waals surface area contributed by atoms with Crippen molar-refractivity contribution in [1.29, 1.82) is 0 Å². The van der Waals surface area contributed by atoms with Crippen LogP contribution in [0.4, 0.5) is 11.4 Å². The van der Waals surface area contributed by atoms with Gasteiger partial charge in [-0.25, -0.2) is 9.79 Å². The molecule has 0 saturated carbocycles. The second kappa shape index (κ2) is 10.9. The van der Waals surface area contributed by atoms with Crippen molar-refractivity contribution in [1.82, 2.24) is 14.9 Å². The van der Waals surface area contributed by atoms with Gasteiger partial charge in [-0.15, -0.1) is 0 Å². The van der Waals surface area contributed by atoms with Gasteiger partial charge in [0.15, 0.2) is 0 Å². The van der Waals surface area contributed by atoms with Crippen LogP contribution in [-0.4, -0.2) is 72.4 Å². The third-order valence-corrected chi connectivity index (χ3v) is 6.01. The first-order chi connectivity index (χ1) is 17.8. The molecule has 0 radical (unpaired) electrons. The molecule has 0 aliphatic carbocycles. The zero-order valence-corrected chi connectivity index (χ0v) is 21.2. The molecule has 0 aliphatic heterocycles. The van der Waals surface area contributed by atoms with Gasteiger partial charge in [0.05, 0.1) is 35.2 Å². The zero-order valence-electron chi connectivity index (χ0n) is 21.2. The zero-order chi connectivity index (χ0) is 26.5. The molecule has 1 amide bonds. The first-order valence-electron chi connectivity index (χ1n) is 11.7. The third-order valence-electron chi connectivity index (χ3n) is 6.01. The van der Waals surface area contributed by atoms with Gasteiger partial charge in [-0.2, -0.15) is 0 Å². The van der Waals surface area contributed by atoms with Crippen LogP contribution in [0.3, 0.4) is 0 Å². The predicted octanol–water partition coefficient (Wildman–Crippen LogP) is 4.14. The summed E-state index contributed by atoms with van der Waals surface area (Å²) >= 11 is 0. The van der Waals surface area contributed by atoms with Crippen LogP contribution >= 0.6 is 0 Å². The van der Waals surface area contributed by atoms with Gasteiger partial charge in [0, 0.05) is 51.6 Å². The summed E-state index contributed by atoms with van der Waals surface area (Å²) < 4.78 is 4.78. The van der Waals surface area contributed by atoms with Crippen molar-refractivity contribution in [2.75, 3.05) is 39.7 Å². The summed E-state index contributed by atoms with van der Waals surface area (Å²) in [6.07, 6.45) is 1.84. The summed E-state index contributed by atoms with van der Waals surface area (Å²) in [4.78, 5) is 39.7. The van der Waals surface area contributed by atoms with E-state index in [1.807, 2.05) is 66.5 Å². The lowest BCUT2D eigenvalue weighted by Crippen LogP contribution is -2.27. The normalized spacial score (nSPS) is 11.4. The van der Waals surface area contributed by atoms with Gasteiger partial charge in [-0.3, -0.25) is 9.78 Å². The number of aromatic hydroxyl groups is 1. The van der Waals surface area contributed by atoms with Gasteiger partial charge in [-0.1, -0.05) is 30.3 Å². The Labute approximate surface area is 215 Å². The Kier molecular flexibility index (Phi) is 7.52. The highest BCUT2D eigenvalue weighted by molar-refractivity contribution is 6.21. The smallest absolute Gasteiger partial charge is 0.339 e. The minimum absolute atomic E-state index is 0.0754. The molecule has 2 heterocycles. The molecule has 0 saturated heterocycles. The molecule has 0 atom stereocenters. The molecule has 9 heteroatoms. The summed E-state index contributed by atoms with van der Waals surface area (Å²) in [7, 11) is 6.74. The van der Waals surface area contributed by atoms with E-state index in [0.29, 0.717) is 41.0 Å². The standard InChI is InChI=1S/C28H29N5O4/c1-32(2)23(34)14-15-33(3)21-12-10-20(11-13-21)30-25(18-8-6-5-7-9-18)24-26-22(31-27(24)35)16-19(17-29-26)28(36)37-4/h5-13,16-17,31,35H,14-15H2,1-4H3. The van der Waals surface area contributed by atoms with Crippen LogP contribution in [0.25, 0.3) is 11.0 Å². The Bertz CT molecular complexity index is 1440. The number of H-pyrrole nitrogens is 1. The van der Waals surface area contributed by atoms with Gasteiger partial charge in [-0.05, 0) is 30.3 Å². The van der Waals surface area contributed by atoms with Crippen molar-refractivity contribution in [3.05, 3.63) is 83.6 Å². The number of anilines is 1. The van der Waals surface area contributed by atoms with E-state index in [9.17, 15) is 14.7 Å². The molecule has 0 fully saturated rings. The Morgan fingerprint density at radius 3 is 2.38 bits per heavy atom. The molecule has 0 unspecified atom stereocenters. The fourth-order valence-corrected chi connectivity index (χ4v) is 3.90. The minimum atomic E-state index is -0.516. The van der Waals surface area contributed by atoms with Gasteiger partial charge >= 0.3 is 5.97 Å². The monoisotopic (exact) mass is 499 g/mol. The Hall–Kier alpha value is -4.66. The number of aliphatic imine (C=N–C) groups is 1. The topological polar surface area (TPSA) is 111 Å². The van der Waals surface area contributed by atoms with E-state index in [1.54, 1.807) is 25.1 Å². The molecule has 37 heavy (non-hydrogen) atoms. The largest absolute Gasteiger partial charge is 0.494 e. The van der Waals surface area contributed by atoms with Crippen molar-refractivity contribution in [2.45, 2.75) is 6.42 Å². The number of amides is 1. The number of fused-ring (bicyclic) bond motifs is 1. The number of nitrogens with zero attached hydrogens (tertiary/aromatic N) is 4. The number of aromatic nitrogens is 2. The fraction of sp³-hybridized carbons (Fsp3) is 0.214. The molecule has 190 valence electrons. The number of carbonyl (C=O) groups is 2. The quantitative estimate of drug-likeness (QED) is 0.278. The molecule has 2 aromatic heterocycles. The van der Waals surface area contributed by atoms with Crippen molar-refractivity contribution < 1.29 is 19.4 Å². The minimum Gasteiger partial charge on any atom is -0.494 e. The van der Waals surface area contributed by atoms with Gasteiger partial charge in [0.1, 0.15) is 5.52 Å². The van der Waals surface area contributed by atoms with Crippen molar-refractivity contribution in [3.8, 4) is 5.88 Å². The number of rotatable bonds is 8. The Morgan fingerprint density at radius 1 is 1.03 bits per heavy atom. The summed E-state index contributed by atoms with van der Waals surface area (Å²) in [6, 6.07) is 18.8. The van der Waals surface area contributed by atoms with Gasteiger partial charge in [0.2, 0.25) is 11.8 Å². The lowest BCUT2D eigenvalue weighted by Gasteiger charge is -2.20. The molecule has 2 aromatic carbocycles. The Balaban J connectivity index is 1.71. The van der Waals surface area contributed by atoms with E-state index >= 15 is 0 Å². The lowest BCUT2D eigenvalue weighted by molar-refractivity contribution is -0.128. The second-order valence-corrected chi connectivity index (χ2v) is 8.76. The maximum atomic E-state index is 11.9. The van der Waals surface area contributed by atoms with E-state index in [-0.39, 0.29) is 17.4 Å². The summed E-state index contributed by atoms with van der Waals surface area (Å²) in [5.41, 5.74) is 4.63. The van der Waals surface area contributed by atoms with E-state index < -0.39 is 5.97 Å². The molecule has 2 N–H and O–H groups in total. The maximum Gasteiger partial charge on any atom is 0.339 e. The average Bonchev–Trinajstić information content (AvgIpc) is 3.24. The van der Waals surface area contributed by atoms with E-state index in [4.69, 9.17) is 9.73 Å². The SMILES string of the molecule is COC(=O)c1cnc2c(C(=Nc3ccc(N(C)CCC(=O)N(C)C)cc3)c3ccccc3)c(O)[nH]c2c1. The number of esters is 1. The highest BCUT2D eigenvalue weighted by Gasteiger charge is 2.21. The van der Waals surface area contributed by atoms with Gasteiger partial charge in [0.25, 0.3) is 0 Å². The number of methoxy groups -OCH3 is 1. The fourth-order valence-electron chi connectivity index (χ4n) is 3.90. The number of carbonyl (C=O) groups excluding carboxylic acids is 2. The van der Waals surface area contributed by atoms with Crippen LogP contribution in [0.5, 0.6) is 5.88 Å². The molecule has 0 spiro atoms. The van der Waals surface area contributed by atoms with Crippen molar-refractivity contribution in [2.24, 2.45) is 4.99 Å². The van der Waals surface area contributed by atoms with Crippen LogP contribution in [0, 0.1) is 0 Å². The van der Waals surface area contributed by atoms with Crippen LogP contribution in [-0.2, 0) is 9.53 Å². The summed E-state index contributed by atoms with van der Waals surface area (Å²) in [6.45, 7) is 0.595. The van der Waals surface area contributed by atoms with Crippen LogP contribution in [0.1, 0.15) is 27.9 Å². The molecular formula is C28H29N5O4. The summed E-state index contributed by atoms with van der Waals surface area (Å²) in [5, 5.41) is 10.9. The number of ether oxygens (including phenoxy) is 1. The molecular weight excluding hydrogens is 470 g/mol. The lowest BCUT2D eigenvalue weighted by atomic mass is 10.0. The molecule has 4 aromatic rings. The highest BCUT2D eigenvalue weighted by Crippen LogP contribution is 2.31. The molecule has 0 bridgehead atoms. The Morgan fingerprint density at radius 2 is 1.73 bits per heavy atom. The first kappa shape index (κ1) is 25.4. The number of benzene rings is 2. The van der Waals surface area contributed by atoms with E-state index in [2.05, 4.69) is 9.97 Å². The number of hydrogen-bond acceptors (Lipinski definition) is 7. The van der Waals surface area contributed by atoms with E-state index in [0.717, 1.165) is 11.3 Å². The molecule has 4 rings (SSSR count). The number of aromatic amines is 1.